The fourth-order valence-corrected chi connectivity index (χ4v) is 2.37. The highest BCUT2D eigenvalue weighted by atomic mass is 16.5. The number of aryl methyl sites for hydroxylation is 1. The van der Waals surface area contributed by atoms with E-state index in [1.54, 1.807) is 7.11 Å². The largest absolute Gasteiger partial charge is 0.383 e. The van der Waals surface area contributed by atoms with E-state index in [1.165, 1.54) is 0 Å². The van der Waals surface area contributed by atoms with Crippen molar-refractivity contribution in [3.63, 3.8) is 0 Å². The van der Waals surface area contributed by atoms with E-state index in [1.807, 2.05) is 17.9 Å². The maximum absolute atomic E-state index is 12.2. The van der Waals surface area contributed by atoms with Crippen molar-refractivity contribution in [2.45, 2.75) is 25.8 Å². The average Bonchev–Trinajstić information content (AvgIpc) is 3.02. The molecule has 1 aliphatic heterocycles. The average molecular weight is 267 g/mol. The quantitative estimate of drug-likeness (QED) is 0.775. The smallest absolute Gasteiger partial charge is 0.237 e. The third-order valence-corrected chi connectivity index (χ3v) is 3.31. The van der Waals surface area contributed by atoms with E-state index in [2.05, 4.69) is 10.5 Å². The standard InChI is InChI=1S/C13H21N3O3/c1-10-8-12(19-15-10)11-4-3-6-16(11)13(17)9-14-5-7-18-2/h8,11,14H,3-7,9H2,1-2H3. The van der Waals surface area contributed by atoms with Gasteiger partial charge in [-0.15, -0.1) is 0 Å². The molecule has 0 aromatic carbocycles. The van der Waals surface area contributed by atoms with Crippen molar-refractivity contribution in [1.82, 2.24) is 15.4 Å². The van der Waals surface area contributed by atoms with E-state index in [0.29, 0.717) is 19.7 Å². The van der Waals surface area contributed by atoms with Crippen molar-refractivity contribution in [3.8, 4) is 0 Å². The summed E-state index contributed by atoms with van der Waals surface area (Å²) < 4.78 is 10.2. The monoisotopic (exact) mass is 267 g/mol. The first-order valence-corrected chi connectivity index (χ1v) is 6.64. The number of nitrogens with one attached hydrogen (secondary N) is 1. The molecule has 106 valence electrons. The molecule has 2 heterocycles. The lowest BCUT2D eigenvalue weighted by Crippen LogP contribution is -2.38. The van der Waals surface area contributed by atoms with Crippen LogP contribution in [0.5, 0.6) is 0 Å². The van der Waals surface area contributed by atoms with Crippen LogP contribution in [0.2, 0.25) is 0 Å². The molecule has 6 nitrogen and oxygen atoms in total. The van der Waals surface area contributed by atoms with E-state index in [4.69, 9.17) is 9.26 Å². The van der Waals surface area contributed by atoms with Crippen LogP contribution in [-0.4, -0.2) is 49.3 Å². The number of carbonyl (C=O) groups is 1. The van der Waals surface area contributed by atoms with Crippen LogP contribution in [0.4, 0.5) is 0 Å². The zero-order chi connectivity index (χ0) is 13.7. The highest BCUT2D eigenvalue weighted by molar-refractivity contribution is 5.79. The first kappa shape index (κ1) is 14.0. The van der Waals surface area contributed by atoms with Gasteiger partial charge in [-0.1, -0.05) is 5.16 Å². The minimum atomic E-state index is 0.0397. The molecule has 1 unspecified atom stereocenters. The Hall–Kier alpha value is -1.40. The Kier molecular flexibility index (Phi) is 4.93. The SMILES string of the molecule is COCCNCC(=O)N1CCCC1c1cc(C)no1. The van der Waals surface area contributed by atoms with Crippen LogP contribution in [0.3, 0.4) is 0 Å². The first-order chi connectivity index (χ1) is 9.22. The van der Waals surface area contributed by atoms with Gasteiger partial charge in [-0.2, -0.15) is 0 Å². The van der Waals surface area contributed by atoms with Gasteiger partial charge in [0.25, 0.3) is 0 Å². The van der Waals surface area contributed by atoms with Crippen LogP contribution in [0, 0.1) is 6.92 Å². The van der Waals surface area contributed by atoms with Gasteiger partial charge in [-0.3, -0.25) is 4.79 Å². The normalized spacial score (nSPS) is 19.1. The van der Waals surface area contributed by atoms with Crippen LogP contribution in [0.1, 0.15) is 30.3 Å². The summed E-state index contributed by atoms with van der Waals surface area (Å²) in [6.45, 7) is 4.31. The number of rotatable bonds is 6. The summed E-state index contributed by atoms with van der Waals surface area (Å²) in [7, 11) is 1.65. The molecule has 1 amide bonds. The molecule has 19 heavy (non-hydrogen) atoms. The van der Waals surface area contributed by atoms with E-state index >= 15 is 0 Å². The minimum Gasteiger partial charge on any atom is -0.383 e. The number of ether oxygens (including phenoxy) is 1. The molecule has 1 N–H and O–H groups in total. The molecule has 1 fully saturated rings. The summed E-state index contributed by atoms with van der Waals surface area (Å²) in [5.41, 5.74) is 0.854. The lowest BCUT2D eigenvalue weighted by atomic mass is 10.1. The first-order valence-electron chi connectivity index (χ1n) is 6.64. The van der Waals surface area contributed by atoms with Gasteiger partial charge in [0.2, 0.25) is 5.91 Å². The Morgan fingerprint density at radius 2 is 2.53 bits per heavy atom. The Morgan fingerprint density at radius 3 is 3.21 bits per heavy atom. The van der Waals surface area contributed by atoms with Gasteiger partial charge in [0.1, 0.15) is 0 Å². The molecule has 1 aromatic rings. The fraction of sp³-hybridized carbons (Fsp3) is 0.692. The number of aromatic nitrogens is 1. The fourth-order valence-electron chi connectivity index (χ4n) is 2.37. The molecule has 1 atom stereocenters. The van der Waals surface area contributed by atoms with Gasteiger partial charge in [0, 0.05) is 26.3 Å². The molecule has 1 aliphatic rings. The highest BCUT2D eigenvalue weighted by Crippen LogP contribution is 2.31. The molecular weight excluding hydrogens is 246 g/mol. The van der Waals surface area contributed by atoms with Gasteiger partial charge in [0.15, 0.2) is 5.76 Å². The second-order valence-corrected chi connectivity index (χ2v) is 4.79. The Bertz CT molecular complexity index is 419. The molecule has 0 aliphatic carbocycles. The molecule has 2 rings (SSSR count). The lowest BCUT2D eigenvalue weighted by Gasteiger charge is -2.22. The molecule has 0 saturated carbocycles. The van der Waals surface area contributed by atoms with Crippen LogP contribution >= 0.6 is 0 Å². The van der Waals surface area contributed by atoms with Crippen molar-refractivity contribution in [2.24, 2.45) is 0 Å². The van der Waals surface area contributed by atoms with Gasteiger partial charge < -0.3 is 19.5 Å². The molecule has 1 saturated heterocycles. The predicted molar refractivity (Wildman–Crippen MR) is 69.7 cm³/mol. The molecule has 0 bridgehead atoms. The molecule has 0 spiro atoms. The van der Waals surface area contributed by atoms with Gasteiger partial charge in [-0.05, 0) is 19.8 Å². The second kappa shape index (κ2) is 6.68. The number of carbonyl (C=O) groups excluding carboxylic acids is 1. The van der Waals surface area contributed by atoms with E-state index in [0.717, 1.165) is 30.8 Å². The topological polar surface area (TPSA) is 67.6 Å². The molecule has 1 aromatic heterocycles. The summed E-state index contributed by atoms with van der Waals surface area (Å²) in [4.78, 5) is 14.0. The number of hydrogen-bond acceptors (Lipinski definition) is 5. The van der Waals surface area contributed by atoms with Crippen molar-refractivity contribution in [2.75, 3.05) is 33.4 Å². The predicted octanol–water partition coefficient (Wildman–Crippen LogP) is 0.883. The summed E-state index contributed by atoms with van der Waals surface area (Å²) in [5, 5.41) is 6.97. The molecule has 6 heteroatoms. The van der Waals surface area contributed by atoms with Crippen LogP contribution < -0.4 is 5.32 Å². The second-order valence-electron chi connectivity index (χ2n) is 4.79. The molecule has 0 radical (unpaired) electrons. The zero-order valence-electron chi connectivity index (χ0n) is 11.5. The van der Waals surface area contributed by atoms with Crippen molar-refractivity contribution in [3.05, 3.63) is 17.5 Å². The lowest BCUT2D eigenvalue weighted by molar-refractivity contribution is -0.131. The van der Waals surface area contributed by atoms with Crippen LogP contribution in [-0.2, 0) is 9.53 Å². The third-order valence-electron chi connectivity index (χ3n) is 3.31. The van der Waals surface area contributed by atoms with E-state index < -0.39 is 0 Å². The molecular formula is C13H21N3O3. The summed E-state index contributed by atoms with van der Waals surface area (Å²) in [5.74, 6) is 0.896. The Morgan fingerprint density at radius 1 is 1.68 bits per heavy atom. The minimum absolute atomic E-state index is 0.0397. The van der Waals surface area contributed by atoms with Gasteiger partial charge in [-0.25, -0.2) is 0 Å². The van der Waals surface area contributed by atoms with E-state index in [9.17, 15) is 4.79 Å². The van der Waals surface area contributed by atoms with Crippen LogP contribution in [0.15, 0.2) is 10.6 Å². The van der Waals surface area contributed by atoms with Gasteiger partial charge in [0.05, 0.1) is 24.9 Å². The van der Waals surface area contributed by atoms with Crippen molar-refractivity contribution in [1.29, 1.82) is 0 Å². The maximum atomic E-state index is 12.2. The number of likely N-dealkylation sites (tertiary alicyclic amines) is 1. The Balaban J connectivity index is 1.89. The van der Waals surface area contributed by atoms with Crippen LogP contribution in [0.25, 0.3) is 0 Å². The zero-order valence-corrected chi connectivity index (χ0v) is 11.5. The summed E-state index contributed by atoms with van der Waals surface area (Å²) in [6.07, 6.45) is 1.95. The highest BCUT2D eigenvalue weighted by Gasteiger charge is 2.32. The van der Waals surface area contributed by atoms with Gasteiger partial charge >= 0.3 is 0 Å². The number of amides is 1. The summed E-state index contributed by atoms with van der Waals surface area (Å²) >= 11 is 0. The summed E-state index contributed by atoms with van der Waals surface area (Å²) in [6, 6.07) is 1.95. The number of nitrogens with zero attached hydrogens (tertiary/aromatic N) is 2. The van der Waals surface area contributed by atoms with Crippen molar-refractivity contribution >= 4 is 5.91 Å². The maximum Gasteiger partial charge on any atom is 0.237 e. The van der Waals surface area contributed by atoms with Crippen molar-refractivity contribution < 1.29 is 14.1 Å². The van der Waals surface area contributed by atoms with E-state index in [-0.39, 0.29) is 11.9 Å². The number of methoxy groups -OCH3 is 1. The third kappa shape index (κ3) is 3.54. The Labute approximate surface area is 113 Å². The number of hydrogen-bond donors (Lipinski definition) is 1.